The van der Waals surface area contributed by atoms with Crippen molar-refractivity contribution < 1.29 is 19.1 Å². The fraction of sp³-hybridized carbons (Fsp3) is 0.361. The number of pyridine rings is 1. The van der Waals surface area contributed by atoms with Crippen LogP contribution in [0.1, 0.15) is 80.7 Å². The molecule has 1 unspecified atom stereocenters. The van der Waals surface area contributed by atoms with Crippen LogP contribution in [-0.4, -0.2) is 46.6 Å². The average molecular weight is 621 g/mol. The van der Waals surface area contributed by atoms with Gasteiger partial charge in [-0.1, -0.05) is 48.5 Å². The van der Waals surface area contributed by atoms with Gasteiger partial charge in [0.1, 0.15) is 23.9 Å². The lowest BCUT2D eigenvalue weighted by Crippen LogP contribution is -2.34. The van der Waals surface area contributed by atoms with E-state index in [4.69, 9.17) is 24.4 Å². The maximum atomic E-state index is 13.6. The second-order valence-electron chi connectivity index (χ2n) is 12.7. The molecule has 0 radical (unpaired) electrons. The highest BCUT2D eigenvalue weighted by atomic mass is 16.6. The van der Waals surface area contributed by atoms with Crippen LogP contribution in [0.2, 0.25) is 0 Å². The summed E-state index contributed by atoms with van der Waals surface area (Å²) < 4.78 is 14.9. The molecule has 238 valence electrons. The van der Waals surface area contributed by atoms with Gasteiger partial charge in [-0.05, 0) is 69.4 Å². The van der Waals surface area contributed by atoms with Crippen LogP contribution in [0.3, 0.4) is 0 Å². The van der Waals surface area contributed by atoms with E-state index in [0.29, 0.717) is 36.8 Å². The van der Waals surface area contributed by atoms with Crippen LogP contribution in [0, 0.1) is 0 Å². The number of ether oxygens (including phenoxy) is 2. The van der Waals surface area contributed by atoms with Gasteiger partial charge in [0.15, 0.2) is 0 Å². The van der Waals surface area contributed by atoms with E-state index in [1.807, 2.05) is 86.3 Å². The Morgan fingerprint density at radius 1 is 0.957 bits per heavy atom. The molecule has 0 spiro atoms. The summed E-state index contributed by atoms with van der Waals surface area (Å²) in [4.78, 5) is 42.4. The number of esters is 1. The van der Waals surface area contributed by atoms with E-state index in [0.717, 1.165) is 41.7 Å². The number of fused-ring (bicyclic) bond motifs is 2. The SMILES string of the molecule is CC(=O)OCc1nc(CN(Cc2nc3ccccc3n2C(=O)OC(C)(C)C)C2CCCc3cccnc32)cn1Cc1ccccc1. The number of carbonyl (C=O) groups excluding carboxylic acids is 2. The molecule has 6 rings (SSSR count). The van der Waals surface area contributed by atoms with E-state index < -0.39 is 11.7 Å². The quantitative estimate of drug-likeness (QED) is 0.170. The fourth-order valence-corrected chi connectivity index (χ4v) is 6.09. The molecule has 3 aromatic heterocycles. The normalized spacial score (nSPS) is 14.8. The Bertz CT molecular complexity index is 1840. The van der Waals surface area contributed by atoms with Crippen LogP contribution in [0.15, 0.2) is 79.1 Å². The van der Waals surface area contributed by atoms with Gasteiger partial charge >= 0.3 is 12.1 Å². The molecule has 0 fully saturated rings. The molecule has 46 heavy (non-hydrogen) atoms. The second kappa shape index (κ2) is 13.3. The predicted molar refractivity (Wildman–Crippen MR) is 174 cm³/mol. The Kier molecular flexibility index (Phi) is 8.99. The lowest BCUT2D eigenvalue weighted by atomic mass is 9.90. The number of nitrogens with zero attached hydrogens (tertiary/aromatic N) is 6. The lowest BCUT2D eigenvalue weighted by molar-refractivity contribution is -0.142. The third kappa shape index (κ3) is 7.18. The van der Waals surface area contributed by atoms with Crippen LogP contribution in [0.5, 0.6) is 0 Å². The van der Waals surface area contributed by atoms with Crippen molar-refractivity contribution in [2.24, 2.45) is 0 Å². The van der Waals surface area contributed by atoms with E-state index in [9.17, 15) is 9.59 Å². The summed E-state index contributed by atoms with van der Waals surface area (Å²) >= 11 is 0. The lowest BCUT2D eigenvalue weighted by Gasteiger charge is -2.34. The molecule has 0 amide bonds. The first kappa shape index (κ1) is 31.2. The highest BCUT2D eigenvalue weighted by molar-refractivity contribution is 5.87. The van der Waals surface area contributed by atoms with Gasteiger partial charge in [-0.25, -0.2) is 19.3 Å². The number of aryl methyl sites for hydroxylation is 1. The Labute approximate surface area is 269 Å². The monoisotopic (exact) mass is 620 g/mol. The third-order valence-electron chi connectivity index (χ3n) is 8.03. The van der Waals surface area contributed by atoms with Gasteiger partial charge in [-0.2, -0.15) is 0 Å². The second-order valence-corrected chi connectivity index (χ2v) is 12.7. The molecular formula is C36H40N6O4. The van der Waals surface area contributed by atoms with Crippen LogP contribution in [-0.2, 0) is 46.9 Å². The minimum absolute atomic E-state index is 0.0203. The van der Waals surface area contributed by atoms with E-state index >= 15 is 0 Å². The van der Waals surface area contributed by atoms with Crippen molar-refractivity contribution in [2.45, 2.75) is 84.8 Å². The topological polar surface area (TPSA) is 104 Å². The number of imidazole rings is 2. The summed E-state index contributed by atoms with van der Waals surface area (Å²) in [6.45, 7) is 8.47. The minimum Gasteiger partial charge on any atom is -0.458 e. The molecule has 10 heteroatoms. The smallest absolute Gasteiger partial charge is 0.420 e. The summed E-state index contributed by atoms with van der Waals surface area (Å²) in [6, 6.07) is 21.9. The van der Waals surface area contributed by atoms with Crippen LogP contribution in [0.25, 0.3) is 11.0 Å². The Balaban J connectivity index is 1.40. The van der Waals surface area contributed by atoms with Gasteiger partial charge < -0.3 is 14.0 Å². The summed E-state index contributed by atoms with van der Waals surface area (Å²) in [7, 11) is 0. The standard InChI is InChI=1S/C36H40N6O4/c1-25(43)45-24-33-38-28(22-41(33)20-26-12-6-5-7-13-26)21-40(31-18-10-14-27-15-11-19-37-34(27)31)23-32-39-29-16-8-9-17-30(29)42(32)35(44)46-36(2,3)4/h5-9,11-13,15-17,19,22,31H,10,14,18,20-21,23-24H2,1-4H3. The molecule has 5 aromatic rings. The van der Waals surface area contributed by atoms with Crippen molar-refractivity contribution in [1.29, 1.82) is 0 Å². The molecule has 1 aliphatic rings. The predicted octanol–water partition coefficient (Wildman–Crippen LogP) is 6.60. The zero-order valence-corrected chi connectivity index (χ0v) is 26.8. The largest absolute Gasteiger partial charge is 0.458 e. The number of para-hydroxylation sites is 2. The van der Waals surface area contributed by atoms with E-state index in [-0.39, 0.29) is 18.6 Å². The van der Waals surface area contributed by atoms with Gasteiger partial charge in [0.2, 0.25) is 0 Å². The minimum atomic E-state index is -0.671. The molecule has 0 aliphatic heterocycles. The maximum Gasteiger partial charge on any atom is 0.420 e. The van der Waals surface area contributed by atoms with Crippen LogP contribution < -0.4 is 0 Å². The summed E-state index contributed by atoms with van der Waals surface area (Å²) in [5, 5.41) is 0. The molecule has 0 bridgehead atoms. The first-order valence-electron chi connectivity index (χ1n) is 15.7. The number of benzene rings is 2. The molecule has 0 saturated carbocycles. The fourth-order valence-electron chi connectivity index (χ4n) is 6.09. The molecule has 0 saturated heterocycles. The maximum absolute atomic E-state index is 13.6. The molecule has 3 heterocycles. The highest BCUT2D eigenvalue weighted by Gasteiger charge is 2.31. The van der Waals surface area contributed by atoms with Crippen LogP contribution in [0.4, 0.5) is 4.79 Å². The van der Waals surface area contributed by atoms with Crippen molar-refractivity contribution in [3.05, 3.63) is 113 Å². The van der Waals surface area contributed by atoms with Gasteiger partial charge in [0.05, 0.1) is 35.0 Å². The number of rotatable bonds is 9. The van der Waals surface area contributed by atoms with Crippen molar-refractivity contribution in [3.8, 4) is 0 Å². The van der Waals surface area contributed by atoms with E-state index in [1.54, 1.807) is 4.57 Å². The molecule has 2 aromatic carbocycles. The average Bonchev–Trinajstić information content (AvgIpc) is 3.59. The highest BCUT2D eigenvalue weighted by Crippen LogP contribution is 2.35. The van der Waals surface area contributed by atoms with Crippen molar-refractivity contribution in [3.63, 3.8) is 0 Å². The first-order valence-corrected chi connectivity index (χ1v) is 15.7. The number of aromatic nitrogens is 5. The van der Waals surface area contributed by atoms with E-state index in [1.165, 1.54) is 12.5 Å². The Morgan fingerprint density at radius 3 is 2.52 bits per heavy atom. The Morgan fingerprint density at radius 2 is 1.74 bits per heavy atom. The van der Waals surface area contributed by atoms with Gasteiger partial charge in [-0.15, -0.1) is 0 Å². The van der Waals surface area contributed by atoms with Crippen molar-refractivity contribution in [2.75, 3.05) is 0 Å². The summed E-state index contributed by atoms with van der Waals surface area (Å²) in [6.07, 6.45) is 6.30. The van der Waals surface area contributed by atoms with E-state index in [2.05, 4.69) is 23.1 Å². The molecular weight excluding hydrogens is 580 g/mol. The zero-order valence-electron chi connectivity index (χ0n) is 26.8. The number of carbonyl (C=O) groups is 2. The third-order valence-corrected chi connectivity index (χ3v) is 8.03. The molecule has 1 atom stereocenters. The summed E-state index contributed by atoms with van der Waals surface area (Å²) in [5.41, 5.74) is 4.96. The zero-order chi connectivity index (χ0) is 32.3. The van der Waals surface area contributed by atoms with Gasteiger partial charge in [-0.3, -0.25) is 14.7 Å². The van der Waals surface area contributed by atoms with Gasteiger partial charge in [0.25, 0.3) is 0 Å². The molecule has 0 N–H and O–H groups in total. The van der Waals surface area contributed by atoms with Crippen LogP contribution >= 0.6 is 0 Å². The van der Waals surface area contributed by atoms with Crippen molar-refractivity contribution in [1.82, 2.24) is 29.0 Å². The molecule has 1 aliphatic carbocycles. The van der Waals surface area contributed by atoms with Crippen molar-refractivity contribution >= 4 is 23.1 Å². The number of hydrogen-bond donors (Lipinski definition) is 0. The Hall–Kier alpha value is -4.83. The summed E-state index contributed by atoms with van der Waals surface area (Å²) in [5.74, 6) is 0.892. The number of hydrogen-bond acceptors (Lipinski definition) is 8. The molecule has 10 nitrogen and oxygen atoms in total. The first-order chi connectivity index (χ1) is 22.1. The van der Waals surface area contributed by atoms with Gasteiger partial charge in [0, 0.05) is 32.4 Å².